The van der Waals surface area contributed by atoms with Gasteiger partial charge < -0.3 is 19.9 Å². The van der Waals surface area contributed by atoms with Gasteiger partial charge in [-0.25, -0.2) is 4.79 Å². The van der Waals surface area contributed by atoms with E-state index in [1.165, 1.54) is 12.1 Å². The molecule has 0 radical (unpaired) electrons. The molecule has 0 aromatic heterocycles. The normalized spacial score (nSPS) is 12.3. The molecule has 0 spiro atoms. The van der Waals surface area contributed by atoms with Crippen molar-refractivity contribution in [2.24, 2.45) is 0 Å². The van der Waals surface area contributed by atoms with Gasteiger partial charge in [0, 0.05) is 11.3 Å². The largest absolute Gasteiger partial charge is 0.486 e. The van der Waals surface area contributed by atoms with Gasteiger partial charge in [0.2, 0.25) is 0 Å². The highest BCUT2D eigenvalue weighted by atomic mass is 16.6. The van der Waals surface area contributed by atoms with Gasteiger partial charge in [-0.3, -0.25) is 4.79 Å². The number of benzene rings is 3. The molecule has 0 saturated heterocycles. The predicted octanol–water partition coefficient (Wildman–Crippen LogP) is 4.08. The van der Waals surface area contributed by atoms with Gasteiger partial charge in [-0.1, -0.05) is 24.3 Å². The van der Waals surface area contributed by atoms with E-state index in [1.54, 1.807) is 24.3 Å². The fourth-order valence-electron chi connectivity index (χ4n) is 2.97. The van der Waals surface area contributed by atoms with Gasteiger partial charge in [0.05, 0.1) is 5.56 Å². The summed E-state index contributed by atoms with van der Waals surface area (Å²) in [5.41, 5.74) is 2.93. The van der Waals surface area contributed by atoms with E-state index in [2.05, 4.69) is 5.32 Å². The number of fused-ring (bicyclic) bond motifs is 1. The van der Waals surface area contributed by atoms with Crippen LogP contribution in [-0.2, 0) is 0 Å². The Balaban J connectivity index is 1.50. The quantitative estimate of drug-likeness (QED) is 0.718. The first kappa shape index (κ1) is 17.6. The fraction of sp³-hybridized carbons (Fsp3) is 0.0909. The summed E-state index contributed by atoms with van der Waals surface area (Å²) < 4.78 is 11.1. The molecule has 0 aliphatic carbocycles. The lowest BCUT2D eigenvalue weighted by molar-refractivity contribution is 0.0697. The van der Waals surface area contributed by atoms with Crippen LogP contribution >= 0.6 is 0 Å². The molecule has 28 heavy (non-hydrogen) atoms. The Morgan fingerprint density at radius 1 is 0.786 bits per heavy atom. The molecule has 6 heteroatoms. The molecule has 6 nitrogen and oxygen atoms in total. The standard InChI is InChI=1S/C22H17NO5/c24-21(16-2-1-3-17(12-16)22(25)26)23-18-7-4-14(5-8-18)15-6-9-19-20(13-15)28-11-10-27-19/h1-9,12-13H,10-11H2,(H,23,24)(H,25,26). The summed E-state index contributed by atoms with van der Waals surface area (Å²) in [7, 11) is 0. The number of hydrogen-bond donors (Lipinski definition) is 2. The minimum Gasteiger partial charge on any atom is -0.486 e. The van der Waals surface area contributed by atoms with E-state index in [0.29, 0.717) is 18.9 Å². The van der Waals surface area contributed by atoms with Crippen molar-refractivity contribution in [1.82, 2.24) is 0 Å². The van der Waals surface area contributed by atoms with Gasteiger partial charge in [-0.15, -0.1) is 0 Å². The lowest BCUT2D eigenvalue weighted by Gasteiger charge is -2.19. The van der Waals surface area contributed by atoms with Crippen LogP contribution in [0.3, 0.4) is 0 Å². The van der Waals surface area contributed by atoms with Crippen molar-refractivity contribution in [1.29, 1.82) is 0 Å². The number of carboxylic acids is 1. The topological polar surface area (TPSA) is 84.9 Å². The summed E-state index contributed by atoms with van der Waals surface area (Å²) in [4.78, 5) is 23.4. The maximum absolute atomic E-state index is 12.4. The van der Waals surface area contributed by atoms with Crippen molar-refractivity contribution in [3.05, 3.63) is 77.9 Å². The Morgan fingerprint density at radius 3 is 2.21 bits per heavy atom. The average molecular weight is 375 g/mol. The zero-order valence-corrected chi connectivity index (χ0v) is 14.8. The van der Waals surface area contributed by atoms with Gasteiger partial charge in [-0.05, 0) is 53.6 Å². The molecule has 0 bridgehead atoms. The van der Waals surface area contributed by atoms with Crippen molar-refractivity contribution in [2.75, 3.05) is 18.5 Å². The van der Waals surface area contributed by atoms with Crippen molar-refractivity contribution in [3.8, 4) is 22.6 Å². The van der Waals surface area contributed by atoms with Gasteiger partial charge >= 0.3 is 5.97 Å². The smallest absolute Gasteiger partial charge is 0.335 e. The Morgan fingerprint density at radius 2 is 1.46 bits per heavy atom. The third-order valence-electron chi connectivity index (χ3n) is 4.39. The van der Waals surface area contributed by atoms with Crippen molar-refractivity contribution >= 4 is 17.6 Å². The van der Waals surface area contributed by atoms with Crippen molar-refractivity contribution in [3.63, 3.8) is 0 Å². The molecule has 4 rings (SSSR count). The van der Waals surface area contributed by atoms with E-state index in [1.807, 2.05) is 30.3 Å². The van der Waals surface area contributed by atoms with Crippen LogP contribution < -0.4 is 14.8 Å². The van der Waals surface area contributed by atoms with Crippen LogP contribution in [0, 0.1) is 0 Å². The maximum Gasteiger partial charge on any atom is 0.335 e. The summed E-state index contributed by atoms with van der Waals surface area (Å²) in [5.74, 6) is 0.0236. The van der Waals surface area contributed by atoms with E-state index in [4.69, 9.17) is 14.6 Å². The van der Waals surface area contributed by atoms with Crippen LogP contribution in [0.5, 0.6) is 11.5 Å². The number of amides is 1. The highest BCUT2D eigenvalue weighted by Crippen LogP contribution is 2.34. The Kier molecular flexibility index (Phi) is 4.68. The van der Waals surface area contributed by atoms with E-state index in [0.717, 1.165) is 22.6 Å². The molecule has 1 aliphatic heterocycles. The molecular weight excluding hydrogens is 358 g/mol. The molecule has 3 aromatic rings. The van der Waals surface area contributed by atoms with E-state index < -0.39 is 5.97 Å². The number of hydrogen-bond acceptors (Lipinski definition) is 4. The Hall–Kier alpha value is -3.80. The zero-order valence-electron chi connectivity index (χ0n) is 14.8. The zero-order chi connectivity index (χ0) is 19.5. The molecule has 0 fully saturated rings. The predicted molar refractivity (Wildman–Crippen MR) is 104 cm³/mol. The molecule has 0 saturated carbocycles. The van der Waals surface area contributed by atoms with E-state index >= 15 is 0 Å². The number of carboxylic acid groups (broad SMARTS) is 1. The van der Waals surface area contributed by atoms with E-state index in [9.17, 15) is 9.59 Å². The molecule has 0 atom stereocenters. The SMILES string of the molecule is O=C(O)c1cccc(C(=O)Nc2ccc(-c3ccc4c(c3)OCCO4)cc2)c1. The number of rotatable bonds is 4. The monoisotopic (exact) mass is 375 g/mol. The lowest BCUT2D eigenvalue weighted by Crippen LogP contribution is -2.15. The Labute approximate surface area is 161 Å². The number of carbonyl (C=O) groups excluding carboxylic acids is 1. The molecule has 2 N–H and O–H groups in total. The second-order valence-corrected chi connectivity index (χ2v) is 6.28. The number of aromatic carboxylic acids is 1. The second kappa shape index (κ2) is 7.44. The molecule has 140 valence electrons. The lowest BCUT2D eigenvalue weighted by atomic mass is 10.0. The highest BCUT2D eigenvalue weighted by Gasteiger charge is 2.13. The van der Waals surface area contributed by atoms with Crippen LogP contribution in [-0.4, -0.2) is 30.2 Å². The molecule has 3 aromatic carbocycles. The van der Waals surface area contributed by atoms with Crippen LogP contribution in [0.1, 0.15) is 20.7 Å². The first-order chi connectivity index (χ1) is 13.6. The number of carbonyl (C=O) groups is 2. The van der Waals surface area contributed by atoms with Crippen LogP contribution in [0.15, 0.2) is 66.7 Å². The highest BCUT2D eigenvalue weighted by molar-refractivity contribution is 6.05. The van der Waals surface area contributed by atoms with Gasteiger partial charge in [0.1, 0.15) is 13.2 Å². The molecule has 1 heterocycles. The number of nitrogens with one attached hydrogen (secondary N) is 1. The first-order valence-corrected chi connectivity index (χ1v) is 8.75. The van der Waals surface area contributed by atoms with E-state index in [-0.39, 0.29) is 17.0 Å². The van der Waals surface area contributed by atoms with Gasteiger partial charge in [-0.2, -0.15) is 0 Å². The van der Waals surface area contributed by atoms with Crippen molar-refractivity contribution < 1.29 is 24.2 Å². The summed E-state index contributed by atoms with van der Waals surface area (Å²) in [5, 5.41) is 11.8. The van der Waals surface area contributed by atoms with Gasteiger partial charge in [0.15, 0.2) is 11.5 Å². The van der Waals surface area contributed by atoms with Crippen LogP contribution in [0.2, 0.25) is 0 Å². The van der Waals surface area contributed by atoms with Crippen LogP contribution in [0.25, 0.3) is 11.1 Å². The minimum absolute atomic E-state index is 0.0709. The van der Waals surface area contributed by atoms with Gasteiger partial charge in [0.25, 0.3) is 5.91 Å². The number of ether oxygens (including phenoxy) is 2. The third kappa shape index (κ3) is 3.66. The second-order valence-electron chi connectivity index (χ2n) is 6.28. The first-order valence-electron chi connectivity index (χ1n) is 8.75. The molecule has 0 unspecified atom stereocenters. The maximum atomic E-state index is 12.4. The summed E-state index contributed by atoms with van der Waals surface area (Å²) in [6.45, 7) is 1.08. The average Bonchev–Trinajstić information content (AvgIpc) is 2.74. The minimum atomic E-state index is -1.07. The Bertz CT molecular complexity index is 1040. The van der Waals surface area contributed by atoms with Crippen LogP contribution in [0.4, 0.5) is 5.69 Å². The molecule has 1 amide bonds. The molecule has 1 aliphatic rings. The number of anilines is 1. The summed E-state index contributed by atoms with van der Waals surface area (Å²) in [6, 6.07) is 19.1. The van der Waals surface area contributed by atoms with Crippen molar-refractivity contribution in [2.45, 2.75) is 0 Å². The third-order valence-corrected chi connectivity index (χ3v) is 4.39. The molecular formula is C22H17NO5. The summed E-state index contributed by atoms with van der Waals surface area (Å²) in [6.07, 6.45) is 0. The summed E-state index contributed by atoms with van der Waals surface area (Å²) >= 11 is 0. The fourth-order valence-corrected chi connectivity index (χ4v) is 2.97.